The molecule has 0 aromatic heterocycles. The number of rotatable bonds is 8. The van der Waals surface area contributed by atoms with Crippen LogP contribution in [0.5, 0.6) is 17.2 Å². The first-order valence-corrected chi connectivity index (χ1v) is 9.16. The maximum absolute atomic E-state index is 12.3. The van der Waals surface area contributed by atoms with Gasteiger partial charge in [-0.2, -0.15) is 0 Å². The highest BCUT2D eigenvalue weighted by molar-refractivity contribution is 6.02. The van der Waals surface area contributed by atoms with Gasteiger partial charge in [0.25, 0.3) is 0 Å². The van der Waals surface area contributed by atoms with Crippen molar-refractivity contribution >= 4 is 17.7 Å². The number of carbonyl (C=O) groups excluding carboxylic acids is 1. The molecule has 0 saturated carbocycles. The number of methoxy groups -OCH3 is 2. The van der Waals surface area contributed by atoms with E-state index in [2.05, 4.69) is 5.32 Å². The predicted molar refractivity (Wildman–Crippen MR) is 114 cm³/mol. The maximum Gasteiger partial charge on any atom is 0.248 e. The zero-order valence-electron chi connectivity index (χ0n) is 16.4. The molecule has 0 atom stereocenters. The average Bonchev–Trinajstić information content (AvgIpc) is 2.77. The number of benzene rings is 3. The molecule has 1 N–H and O–H groups in total. The molecule has 3 rings (SSSR count). The van der Waals surface area contributed by atoms with E-state index in [9.17, 15) is 4.79 Å². The second-order valence-electron chi connectivity index (χ2n) is 6.23. The van der Waals surface area contributed by atoms with Crippen LogP contribution in [0, 0.1) is 0 Å². The SMILES string of the molecule is COc1ccc(OC)c(NC(=O)/C=C/c2ccc(OCc3ccccc3)cc2)c1. The van der Waals surface area contributed by atoms with Gasteiger partial charge >= 0.3 is 0 Å². The lowest BCUT2D eigenvalue weighted by atomic mass is 10.2. The quantitative estimate of drug-likeness (QED) is 0.555. The van der Waals surface area contributed by atoms with E-state index in [1.807, 2.05) is 54.6 Å². The highest BCUT2D eigenvalue weighted by Gasteiger charge is 2.07. The summed E-state index contributed by atoms with van der Waals surface area (Å²) in [4.78, 5) is 12.3. The number of carbonyl (C=O) groups is 1. The van der Waals surface area contributed by atoms with E-state index in [1.54, 1.807) is 38.5 Å². The van der Waals surface area contributed by atoms with Gasteiger partial charge in [-0.15, -0.1) is 0 Å². The minimum atomic E-state index is -0.263. The molecule has 0 radical (unpaired) electrons. The molecule has 1 amide bonds. The first-order valence-electron chi connectivity index (χ1n) is 9.16. The molecule has 0 fully saturated rings. The van der Waals surface area contributed by atoms with Gasteiger partial charge in [0.1, 0.15) is 23.9 Å². The van der Waals surface area contributed by atoms with Gasteiger partial charge in [-0.1, -0.05) is 42.5 Å². The van der Waals surface area contributed by atoms with E-state index in [0.717, 1.165) is 16.9 Å². The average molecular weight is 389 g/mol. The van der Waals surface area contributed by atoms with Gasteiger partial charge in [0.05, 0.1) is 19.9 Å². The Morgan fingerprint density at radius 2 is 1.62 bits per heavy atom. The van der Waals surface area contributed by atoms with E-state index in [0.29, 0.717) is 23.8 Å². The van der Waals surface area contributed by atoms with E-state index < -0.39 is 0 Å². The Bertz CT molecular complexity index is 966. The summed E-state index contributed by atoms with van der Waals surface area (Å²) in [7, 11) is 3.12. The number of ether oxygens (including phenoxy) is 3. The molecule has 5 nitrogen and oxygen atoms in total. The molecular formula is C24H23NO4. The van der Waals surface area contributed by atoms with Crippen molar-refractivity contribution in [3.63, 3.8) is 0 Å². The largest absolute Gasteiger partial charge is 0.497 e. The number of anilines is 1. The zero-order valence-corrected chi connectivity index (χ0v) is 16.4. The minimum absolute atomic E-state index is 0.263. The Balaban J connectivity index is 1.57. The third-order valence-corrected chi connectivity index (χ3v) is 4.22. The van der Waals surface area contributed by atoms with E-state index >= 15 is 0 Å². The van der Waals surface area contributed by atoms with Crippen LogP contribution in [0.2, 0.25) is 0 Å². The topological polar surface area (TPSA) is 56.8 Å². The van der Waals surface area contributed by atoms with Crippen LogP contribution < -0.4 is 19.5 Å². The summed E-state index contributed by atoms with van der Waals surface area (Å²) in [5.41, 5.74) is 2.55. The molecule has 5 heteroatoms. The number of hydrogen-bond acceptors (Lipinski definition) is 4. The molecule has 0 heterocycles. The fourth-order valence-electron chi connectivity index (χ4n) is 2.67. The van der Waals surface area contributed by atoms with Gasteiger partial charge in [0.2, 0.25) is 5.91 Å². The lowest BCUT2D eigenvalue weighted by Gasteiger charge is -2.10. The molecule has 0 aliphatic carbocycles. The predicted octanol–water partition coefficient (Wildman–Crippen LogP) is 4.93. The third-order valence-electron chi connectivity index (χ3n) is 4.22. The molecule has 0 bridgehead atoms. The number of hydrogen-bond donors (Lipinski definition) is 1. The molecule has 0 spiro atoms. The molecule has 0 saturated heterocycles. The maximum atomic E-state index is 12.3. The molecule has 0 aliphatic heterocycles. The third kappa shape index (κ3) is 5.87. The lowest BCUT2D eigenvalue weighted by Crippen LogP contribution is -2.09. The number of amides is 1. The number of nitrogens with one attached hydrogen (secondary N) is 1. The summed E-state index contributed by atoms with van der Waals surface area (Å²) in [6.45, 7) is 0.515. The van der Waals surface area contributed by atoms with Crippen LogP contribution in [-0.2, 0) is 11.4 Å². The van der Waals surface area contributed by atoms with Crippen LogP contribution in [0.4, 0.5) is 5.69 Å². The lowest BCUT2D eigenvalue weighted by molar-refractivity contribution is -0.111. The van der Waals surface area contributed by atoms with Gasteiger partial charge in [-0.05, 0) is 41.5 Å². The Kier molecular flexibility index (Phi) is 6.90. The standard InChI is InChI=1S/C24H23NO4/c1-27-21-13-14-23(28-2)22(16-21)25-24(26)15-10-18-8-11-20(12-9-18)29-17-19-6-4-3-5-7-19/h3-16H,17H2,1-2H3,(H,25,26)/b15-10+. The monoisotopic (exact) mass is 389 g/mol. The summed E-state index contributed by atoms with van der Waals surface area (Å²) >= 11 is 0. The summed E-state index contributed by atoms with van der Waals surface area (Å²) in [6, 6.07) is 22.8. The molecule has 0 unspecified atom stereocenters. The van der Waals surface area contributed by atoms with Gasteiger partial charge in [-0.25, -0.2) is 0 Å². The first kappa shape index (κ1) is 20.0. The second kappa shape index (κ2) is 9.99. The highest BCUT2D eigenvalue weighted by atomic mass is 16.5. The fourth-order valence-corrected chi connectivity index (χ4v) is 2.67. The van der Waals surface area contributed by atoms with Crippen molar-refractivity contribution in [1.82, 2.24) is 0 Å². The Morgan fingerprint density at radius 1 is 0.897 bits per heavy atom. The van der Waals surface area contributed by atoms with E-state index in [1.165, 1.54) is 6.08 Å². The van der Waals surface area contributed by atoms with Crippen molar-refractivity contribution in [3.05, 3.63) is 90.0 Å². The summed E-state index contributed by atoms with van der Waals surface area (Å²) < 4.78 is 16.2. The van der Waals surface area contributed by atoms with Crippen LogP contribution in [0.15, 0.2) is 78.9 Å². The summed E-state index contributed by atoms with van der Waals surface area (Å²) in [5.74, 6) is 1.71. The van der Waals surface area contributed by atoms with Crippen LogP contribution in [0.3, 0.4) is 0 Å². The summed E-state index contributed by atoms with van der Waals surface area (Å²) in [6.07, 6.45) is 3.21. The fraction of sp³-hybridized carbons (Fsp3) is 0.125. The van der Waals surface area contributed by atoms with E-state index in [-0.39, 0.29) is 5.91 Å². The van der Waals surface area contributed by atoms with Crippen molar-refractivity contribution < 1.29 is 19.0 Å². The second-order valence-corrected chi connectivity index (χ2v) is 6.23. The molecular weight excluding hydrogens is 366 g/mol. The van der Waals surface area contributed by atoms with Crippen molar-refractivity contribution in [3.8, 4) is 17.2 Å². The van der Waals surface area contributed by atoms with Gasteiger partial charge < -0.3 is 19.5 Å². The summed E-state index contributed by atoms with van der Waals surface area (Å²) in [5, 5.41) is 2.80. The first-order chi connectivity index (χ1) is 14.2. The van der Waals surface area contributed by atoms with Crippen LogP contribution >= 0.6 is 0 Å². The Morgan fingerprint density at radius 3 is 2.31 bits per heavy atom. The highest BCUT2D eigenvalue weighted by Crippen LogP contribution is 2.28. The minimum Gasteiger partial charge on any atom is -0.497 e. The molecule has 29 heavy (non-hydrogen) atoms. The smallest absolute Gasteiger partial charge is 0.248 e. The van der Waals surface area contributed by atoms with Crippen LogP contribution in [-0.4, -0.2) is 20.1 Å². The van der Waals surface area contributed by atoms with Crippen LogP contribution in [0.1, 0.15) is 11.1 Å². The zero-order chi connectivity index (χ0) is 20.5. The van der Waals surface area contributed by atoms with Crippen molar-refractivity contribution in [2.75, 3.05) is 19.5 Å². The van der Waals surface area contributed by atoms with Gasteiger partial charge in [-0.3, -0.25) is 4.79 Å². The molecule has 148 valence electrons. The van der Waals surface area contributed by atoms with Crippen molar-refractivity contribution in [2.45, 2.75) is 6.61 Å². The van der Waals surface area contributed by atoms with E-state index in [4.69, 9.17) is 14.2 Å². The normalized spacial score (nSPS) is 10.6. The van der Waals surface area contributed by atoms with Crippen molar-refractivity contribution in [2.24, 2.45) is 0 Å². The van der Waals surface area contributed by atoms with Crippen molar-refractivity contribution in [1.29, 1.82) is 0 Å². The van der Waals surface area contributed by atoms with Gasteiger partial charge in [0.15, 0.2) is 0 Å². The Labute approximate surface area is 170 Å². The van der Waals surface area contributed by atoms with Gasteiger partial charge in [0, 0.05) is 12.1 Å². The van der Waals surface area contributed by atoms with Crippen LogP contribution in [0.25, 0.3) is 6.08 Å². The Hall–Kier alpha value is -3.73. The molecule has 0 aliphatic rings. The molecule has 3 aromatic rings. The molecule has 3 aromatic carbocycles.